The van der Waals surface area contributed by atoms with Gasteiger partial charge in [0, 0.05) is 5.69 Å². The summed E-state index contributed by atoms with van der Waals surface area (Å²) in [6.07, 6.45) is 0. The van der Waals surface area contributed by atoms with Crippen LogP contribution >= 0.6 is 11.8 Å². The Labute approximate surface area is 178 Å². The number of aromatic amines is 1. The molecule has 2 aromatic heterocycles. The first-order chi connectivity index (χ1) is 14.4. The minimum atomic E-state index is -0.503. The van der Waals surface area contributed by atoms with Crippen molar-refractivity contribution in [1.82, 2.24) is 25.2 Å². The smallest absolute Gasteiger partial charge is 0.339 e. The van der Waals surface area contributed by atoms with Gasteiger partial charge in [-0.05, 0) is 55.8 Å². The number of H-pyrrole nitrogens is 1. The number of carbonyl (C=O) groups excluding carboxylic acids is 2. The lowest BCUT2D eigenvalue weighted by atomic mass is 10.1. The number of nitrogens with zero attached hydrogens (tertiary/aromatic N) is 4. The summed E-state index contributed by atoms with van der Waals surface area (Å²) in [6.45, 7) is 7.64. The molecule has 0 spiro atoms. The summed E-state index contributed by atoms with van der Waals surface area (Å²) in [5, 5.41) is 11.8. The van der Waals surface area contributed by atoms with Gasteiger partial charge in [-0.3, -0.25) is 4.79 Å². The maximum atomic E-state index is 13.1. The van der Waals surface area contributed by atoms with E-state index in [1.165, 1.54) is 18.9 Å². The zero-order valence-electron chi connectivity index (χ0n) is 17.4. The largest absolute Gasteiger partial charge is 0.492 e. The number of aromatic nitrogens is 5. The van der Waals surface area contributed by atoms with Crippen LogP contribution in [0.1, 0.15) is 46.0 Å². The molecule has 2 heterocycles. The SMILES string of the molecule is CCOc1ccccc1-n1nnnc1SC(C)C(=O)c1[nH]c(C)c(C(=O)OC)c1C. The normalized spacial score (nSPS) is 11.9. The molecule has 158 valence electrons. The number of ether oxygens (including phenoxy) is 2. The fourth-order valence-electron chi connectivity index (χ4n) is 3.13. The Morgan fingerprint density at radius 1 is 1.27 bits per heavy atom. The van der Waals surface area contributed by atoms with Gasteiger partial charge in [0.05, 0.1) is 30.2 Å². The van der Waals surface area contributed by atoms with Gasteiger partial charge in [0.2, 0.25) is 5.16 Å². The molecule has 0 aliphatic heterocycles. The van der Waals surface area contributed by atoms with E-state index in [9.17, 15) is 9.59 Å². The number of carbonyl (C=O) groups is 2. The molecule has 10 heteroatoms. The van der Waals surface area contributed by atoms with Gasteiger partial charge in [-0.25, -0.2) is 4.79 Å². The molecule has 1 N–H and O–H groups in total. The monoisotopic (exact) mass is 429 g/mol. The number of Topliss-reactive ketones (excluding diaryl/α,β-unsaturated/α-hetero) is 1. The molecule has 0 amide bonds. The van der Waals surface area contributed by atoms with E-state index in [1.54, 1.807) is 25.5 Å². The van der Waals surface area contributed by atoms with Crippen molar-refractivity contribution in [2.24, 2.45) is 0 Å². The molecule has 1 atom stereocenters. The van der Waals surface area contributed by atoms with Gasteiger partial charge in [0.25, 0.3) is 0 Å². The number of ketones is 1. The second kappa shape index (κ2) is 9.12. The molecule has 1 unspecified atom stereocenters. The average molecular weight is 430 g/mol. The van der Waals surface area contributed by atoms with Crippen LogP contribution in [0.4, 0.5) is 0 Å². The molecule has 0 fully saturated rings. The number of aryl methyl sites for hydroxylation is 1. The molecule has 3 rings (SSSR count). The average Bonchev–Trinajstić information content (AvgIpc) is 3.31. The summed E-state index contributed by atoms with van der Waals surface area (Å²) in [6, 6.07) is 7.41. The van der Waals surface area contributed by atoms with Crippen molar-refractivity contribution in [2.75, 3.05) is 13.7 Å². The highest BCUT2D eigenvalue weighted by Crippen LogP contribution is 2.30. The number of methoxy groups -OCH3 is 1. The summed E-state index contributed by atoms with van der Waals surface area (Å²) < 4.78 is 12.0. The zero-order valence-corrected chi connectivity index (χ0v) is 18.2. The van der Waals surface area contributed by atoms with E-state index in [0.29, 0.717) is 45.7 Å². The second-order valence-electron chi connectivity index (χ2n) is 6.51. The summed E-state index contributed by atoms with van der Waals surface area (Å²) in [5.41, 5.74) is 2.61. The Morgan fingerprint density at radius 3 is 2.70 bits per heavy atom. The quantitative estimate of drug-likeness (QED) is 0.330. The van der Waals surface area contributed by atoms with E-state index >= 15 is 0 Å². The molecular weight excluding hydrogens is 406 g/mol. The Morgan fingerprint density at radius 2 is 2.00 bits per heavy atom. The molecule has 1 aromatic carbocycles. The first-order valence-corrected chi connectivity index (χ1v) is 10.3. The lowest BCUT2D eigenvalue weighted by Gasteiger charge is -2.12. The molecule has 3 aromatic rings. The van der Waals surface area contributed by atoms with Gasteiger partial charge < -0.3 is 14.5 Å². The summed E-state index contributed by atoms with van der Waals surface area (Å²) in [5.74, 6) is 0.00663. The van der Waals surface area contributed by atoms with Crippen molar-refractivity contribution < 1.29 is 19.1 Å². The topological polar surface area (TPSA) is 112 Å². The fraction of sp³-hybridized carbons (Fsp3) is 0.350. The number of nitrogens with one attached hydrogen (secondary N) is 1. The van der Waals surface area contributed by atoms with E-state index in [-0.39, 0.29) is 5.78 Å². The Hall–Kier alpha value is -3.14. The molecule has 0 aliphatic rings. The number of thioether (sulfide) groups is 1. The van der Waals surface area contributed by atoms with Crippen LogP contribution in [0.3, 0.4) is 0 Å². The van der Waals surface area contributed by atoms with Crippen LogP contribution in [0.25, 0.3) is 5.69 Å². The Kier molecular flexibility index (Phi) is 6.56. The Bertz CT molecular complexity index is 1080. The van der Waals surface area contributed by atoms with Crippen LogP contribution in [0.2, 0.25) is 0 Å². The van der Waals surface area contributed by atoms with Crippen LogP contribution in [-0.4, -0.2) is 55.9 Å². The molecule has 9 nitrogen and oxygen atoms in total. The van der Waals surface area contributed by atoms with Crippen LogP contribution in [0.5, 0.6) is 5.75 Å². The number of rotatable bonds is 8. The third-order valence-corrected chi connectivity index (χ3v) is 5.59. The third-order valence-electron chi connectivity index (χ3n) is 4.56. The van der Waals surface area contributed by atoms with Crippen LogP contribution in [0, 0.1) is 13.8 Å². The summed E-state index contributed by atoms with van der Waals surface area (Å²) in [7, 11) is 1.31. The predicted octanol–water partition coefficient (Wildman–Crippen LogP) is 3.16. The molecule has 0 radical (unpaired) electrons. The van der Waals surface area contributed by atoms with E-state index in [1.807, 2.05) is 31.2 Å². The molecule has 0 bridgehead atoms. The first-order valence-electron chi connectivity index (χ1n) is 9.37. The van der Waals surface area contributed by atoms with Gasteiger partial charge in [0.15, 0.2) is 5.78 Å². The number of hydrogen-bond donors (Lipinski definition) is 1. The van der Waals surface area contributed by atoms with Crippen molar-refractivity contribution >= 4 is 23.5 Å². The number of tetrazole rings is 1. The van der Waals surface area contributed by atoms with E-state index in [2.05, 4.69) is 20.5 Å². The lowest BCUT2D eigenvalue weighted by molar-refractivity contribution is 0.0599. The molecule has 0 aliphatic carbocycles. The summed E-state index contributed by atoms with van der Waals surface area (Å²) in [4.78, 5) is 28.1. The van der Waals surface area contributed by atoms with Crippen molar-refractivity contribution in [1.29, 1.82) is 0 Å². The highest BCUT2D eigenvalue weighted by Gasteiger charge is 2.27. The van der Waals surface area contributed by atoms with Gasteiger partial charge in [-0.2, -0.15) is 4.68 Å². The molecule has 0 saturated carbocycles. The highest BCUT2D eigenvalue weighted by atomic mass is 32.2. The standard InChI is InChI=1S/C20H23N5O4S/c1-6-29-15-10-8-7-9-14(15)25-20(22-23-24-25)30-13(4)18(26)17-11(2)16(12(3)21-17)19(27)28-5/h7-10,13,21H,6H2,1-5H3. The first kappa shape index (κ1) is 21.6. The van der Waals surface area contributed by atoms with E-state index in [0.717, 1.165) is 0 Å². The van der Waals surface area contributed by atoms with Crippen molar-refractivity contribution in [3.05, 3.63) is 46.8 Å². The number of hydrogen-bond acceptors (Lipinski definition) is 8. The number of benzene rings is 1. The van der Waals surface area contributed by atoms with Crippen molar-refractivity contribution in [3.8, 4) is 11.4 Å². The maximum Gasteiger partial charge on any atom is 0.339 e. The minimum absolute atomic E-state index is 0.164. The Balaban J connectivity index is 1.87. The highest BCUT2D eigenvalue weighted by molar-refractivity contribution is 8.00. The molecular formula is C20H23N5O4S. The van der Waals surface area contributed by atoms with Crippen LogP contribution in [0.15, 0.2) is 29.4 Å². The molecule has 30 heavy (non-hydrogen) atoms. The van der Waals surface area contributed by atoms with Gasteiger partial charge >= 0.3 is 5.97 Å². The summed E-state index contributed by atoms with van der Waals surface area (Å²) >= 11 is 1.22. The number of para-hydroxylation sites is 2. The number of esters is 1. The van der Waals surface area contributed by atoms with E-state index in [4.69, 9.17) is 9.47 Å². The predicted molar refractivity (Wildman–Crippen MR) is 112 cm³/mol. The maximum absolute atomic E-state index is 13.1. The molecule has 0 saturated heterocycles. The van der Waals surface area contributed by atoms with E-state index < -0.39 is 11.2 Å². The lowest BCUT2D eigenvalue weighted by Crippen LogP contribution is -2.16. The minimum Gasteiger partial charge on any atom is -0.492 e. The third kappa shape index (κ3) is 4.09. The van der Waals surface area contributed by atoms with Gasteiger partial charge in [-0.1, -0.05) is 23.9 Å². The van der Waals surface area contributed by atoms with Gasteiger partial charge in [-0.15, -0.1) is 5.10 Å². The van der Waals surface area contributed by atoms with Gasteiger partial charge in [0.1, 0.15) is 11.4 Å². The zero-order chi connectivity index (χ0) is 21.8. The van der Waals surface area contributed by atoms with Crippen LogP contribution < -0.4 is 4.74 Å². The second-order valence-corrected chi connectivity index (χ2v) is 7.82. The van der Waals surface area contributed by atoms with Crippen LogP contribution in [-0.2, 0) is 4.74 Å². The van der Waals surface area contributed by atoms with Crippen molar-refractivity contribution in [2.45, 2.75) is 38.1 Å². The fourth-order valence-corrected chi connectivity index (χ4v) is 3.99. The van der Waals surface area contributed by atoms with Crippen molar-refractivity contribution in [3.63, 3.8) is 0 Å².